The summed E-state index contributed by atoms with van der Waals surface area (Å²) in [4.78, 5) is 27.3. The van der Waals surface area contributed by atoms with Crippen LogP contribution in [0.1, 0.15) is 18.9 Å². The van der Waals surface area contributed by atoms with E-state index in [0.29, 0.717) is 13.2 Å². The predicted octanol–water partition coefficient (Wildman–Crippen LogP) is 2.23. The molecule has 0 aromatic heterocycles. The van der Waals surface area contributed by atoms with E-state index in [-0.39, 0.29) is 18.0 Å². The Kier molecular flexibility index (Phi) is 3.49. The van der Waals surface area contributed by atoms with Gasteiger partial charge in [0.2, 0.25) is 5.91 Å². The molecule has 1 aromatic rings. The molecule has 2 bridgehead atoms. The summed E-state index contributed by atoms with van der Waals surface area (Å²) in [6.07, 6.45) is 4.28. The molecule has 2 fully saturated rings. The molecular formula is C19H21NO4. The maximum absolute atomic E-state index is 13.1. The Morgan fingerprint density at radius 3 is 3.04 bits per heavy atom. The van der Waals surface area contributed by atoms with Crippen LogP contribution in [-0.2, 0) is 19.1 Å². The van der Waals surface area contributed by atoms with Crippen molar-refractivity contribution >= 4 is 17.6 Å². The minimum Gasteiger partial charge on any atom is -0.465 e. The van der Waals surface area contributed by atoms with E-state index in [2.05, 4.69) is 0 Å². The third kappa shape index (κ3) is 2.11. The molecule has 5 nitrogen and oxygen atoms in total. The highest BCUT2D eigenvalue weighted by Crippen LogP contribution is 2.52. The second kappa shape index (κ2) is 5.45. The Morgan fingerprint density at radius 1 is 1.46 bits per heavy atom. The summed E-state index contributed by atoms with van der Waals surface area (Å²) in [6.45, 7) is 4.77. The van der Waals surface area contributed by atoms with Crippen LogP contribution in [0.3, 0.4) is 0 Å². The van der Waals surface area contributed by atoms with Gasteiger partial charge in [-0.05, 0) is 31.0 Å². The van der Waals surface area contributed by atoms with Gasteiger partial charge in [-0.25, -0.2) is 0 Å². The first-order valence-corrected chi connectivity index (χ1v) is 8.47. The third-order valence-electron chi connectivity index (χ3n) is 5.13. The number of esters is 1. The fraction of sp³-hybridized carbons (Fsp3) is 0.474. The van der Waals surface area contributed by atoms with Gasteiger partial charge in [0, 0.05) is 5.69 Å². The first-order chi connectivity index (χ1) is 11.6. The van der Waals surface area contributed by atoms with Gasteiger partial charge in [-0.15, -0.1) is 0 Å². The highest BCUT2D eigenvalue weighted by Gasteiger charge is 2.67. The lowest BCUT2D eigenvalue weighted by Gasteiger charge is -2.22. The minimum atomic E-state index is -0.693. The van der Waals surface area contributed by atoms with Crippen LogP contribution < -0.4 is 4.90 Å². The van der Waals surface area contributed by atoms with Gasteiger partial charge in [-0.2, -0.15) is 0 Å². The van der Waals surface area contributed by atoms with Crippen LogP contribution in [0.15, 0.2) is 36.4 Å². The summed E-state index contributed by atoms with van der Waals surface area (Å²) in [5.41, 5.74) is 1.25. The number of nitrogens with zero attached hydrogens (tertiary/aromatic N) is 1. The first-order valence-electron chi connectivity index (χ1n) is 8.47. The standard InChI is InChI=1S/C19H21NO4/c1-3-9-23-18(22)15-14-7-8-19(24-14)11-20(17(21)16(15)19)13-6-4-5-12(2)10-13/h4-8,10,14-16H,3,9,11H2,1-2H3/t14-,15+,16+,19+/m1/s1. The van der Waals surface area contributed by atoms with Crippen molar-refractivity contribution in [2.45, 2.75) is 32.0 Å². The molecule has 0 saturated carbocycles. The second-order valence-corrected chi connectivity index (χ2v) is 6.83. The molecule has 1 amide bonds. The maximum atomic E-state index is 13.1. The van der Waals surface area contributed by atoms with Gasteiger partial charge in [0.25, 0.3) is 0 Å². The van der Waals surface area contributed by atoms with Gasteiger partial charge in [0.15, 0.2) is 0 Å². The number of carbonyl (C=O) groups is 2. The number of aryl methyl sites for hydroxylation is 1. The fourth-order valence-corrected chi connectivity index (χ4v) is 4.08. The van der Waals surface area contributed by atoms with Crippen LogP contribution in [0.2, 0.25) is 0 Å². The van der Waals surface area contributed by atoms with Gasteiger partial charge < -0.3 is 14.4 Å². The van der Waals surface area contributed by atoms with E-state index in [1.807, 2.05) is 50.3 Å². The van der Waals surface area contributed by atoms with E-state index in [9.17, 15) is 9.59 Å². The quantitative estimate of drug-likeness (QED) is 0.629. The molecule has 126 valence electrons. The van der Waals surface area contributed by atoms with Crippen molar-refractivity contribution in [3.05, 3.63) is 42.0 Å². The zero-order valence-corrected chi connectivity index (χ0v) is 13.9. The molecule has 2 saturated heterocycles. The van der Waals surface area contributed by atoms with E-state index in [1.54, 1.807) is 4.90 Å². The Bertz CT molecular complexity index is 728. The highest BCUT2D eigenvalue weighted by atomic mass is 16.6. The molecule has 3 aliphatic rings. The molecule has 0 unspecified atom stereocenters. The van der Waals surface area contributed by atoms with Crippen molar-refractivity contribution in [1.29, 1.82) is 0 Å². The number of hydrogen-bond acceptors (Lipinski definition) is 4. The number of hydrogen-bond donors (Lipinski definition) is 0. The van der Waals surface area contributed by atoms with Crippen LogP contribution >= 0.6 is 0 Å². The van der Waals surface area contributed by atoms with Crippen molar-refractivity contribution in [3.8, 4) is 0 Å². The average Bonchev–Trinajstić information content (AvgIpc) is 3.21. The molecule has 1 aromatic carbocycles. The van der Waals surface area contributed by atoms with Crippen molar-refractivity contribution in [3.63, 3.8) is 0 Å². The normalized spacial score (nSPS) is 33.2. The summed E-state index contributed by atoms with van der Waals surface area (Å²) in [7, 11) is 0. The smallest absolute Gasteiger partial charge is 0.312 e. The lowest BCUT2D eigenvalue weighted by atomic mass is 9.77. The summed E-state index contributed by atoms with van der Waals surface area (Å²) in [5, 5.41) is 0. The second-order valence-electron chi connectivity index (χ2n) is 6.83. The van der Waals surface area contributed by atoms with Gasteiger partial charge in [0.05, 0.1) is 25.2 Å². The summed E-state index contributed by atoms with van der Waals surface area (Å²) in [6, 6.07) is 7.83. The summed E-state index contributed by atoms with van der Waals surface area (Å²) < 4.78 is 11.4. The lowest BCUT2D eigenvalue weighted by Crippen LogP contribution is -2.40. The molecule has 5 heteroatoms. The number of carbonyl (C=O) groups excluding carboxylic acids is 2. The van der Waals surface area contributed by atoms with Crippen molar-refractivity contribution in [1.82, 2.24) is 0 Å². The Labute approximate surface area is 141 Å². The molecule has 24 heavy (non-hydrogen) atoms. The number of amides is 1. The fourth-order valence-electron chi connectivity index (χ4n) is 4.08. The highest BCUT2D eigenvalue weighted by molar-refractivity contribution is 6.02. The van der Waals surface area contributed by atoms with Crippen LogP contribution in [-0.4, -0.2) is 36.7 Å². The SMILES string of the molecule is CCCOC(=O)[C@@H]1[C@H]2C(=O)N(c3cccc(C)c3)C[C@@]23C=C[C@H]1O3. The average molecular weight is 327 g/mol. The zero-order valence-electron chi connectivity index (χ0n) is 13.9. The summed E-state index contributed by atoms with van der Waals surface area (Å²) in [5.74, 6) is -1.40. The lowest BCUT2D eigenvalue weighted by molar-refractivity contribution is -0.152. The molecule has 4 atom stereocenters. The van der Waals surface area contributed by atoms with Gasteiger partial charge in [-0.1, -0.05) is 31.2 Å². The molecule has 0 radical (unpaired) electrons. The van der Waals surface area contributed by atoms with E-state index in [4.69, 9.17) is 9.47 Å². The number of rotatable bonds is 4. The molecule has 4 rings (SSSR count). The minimum absolute atomic E-state index is 0.0501. The van der Waals surface area contributed by atoms with E-state index in [1.165, 1.54) is 0 Å². The zero-order chi connectivity index (χ0) is 16.9. The number of anilines is 1. The van der Waals surface area contributed by atoms with E-state index in [0.717, 1.165) is 17.7 Å². The van der Waals surface area contributed by atoms with Crippen molar-refractivity contribution < 1.29 is 19.1 Å². The Hall–Kier alpha value is -2.14. The van der Waals surface area contributed by atoms with Crippen LogP contribution in [0.4, 0.5) is 5.69 Å². The predicted molar refractivity (Wildman–Crippen MR) is 88.5 cm³/mol. The number of benzene rings is 1. The van der Waals surface area contributed by atoms with Crippen molar-refractivity contribution in [2.75, 3.05) is 18.1 Å². The van der Waals surface area contributed by atoms with Crippen LogP contribution in [0.5, 0.6) is 0 Å². The molecular weight excluding hydrogens is 306 g/mol. The Balaban J connectivity index is 1.65. The van der Waals surface area contributed by atoms with Crippen LogP contribution in [0, 0.1) is 18.8 Å². The van der Waals surface area contributed by atoms with Gasteiger partial charge >= 0.3 is 5.97 Å². The summed E-state index contributed by atoms with van der Waals surface area (Å²) >= 11 is 0. The van der Waals surface area contributed by atoms with E-state index < -0.39 is 17.4 Å². The number of ether oxygens (including phenoxy) is 2. The van der Waals surface area contributed by atoms with E-state index >= 15 is 0 Å². The molecule has 3 heterocycles. The Morgan fingerprint density at radius 2 is 2.29 bits per heavy atom. The van der Waals surface area contributed by atoms with Gasteiger partial charge in [-0.3, -0.25) is 9.59 Å². The molecule has 0 N–H and O–H groups in total. The first kappa shape index (κ1) is 15.4. The van der Waals surface area contributed by atoms with Gasteiger partial charge in [0.1, 0.15) is 11.5 Å². The maximum Gasteiger partial charge on any atom is 0.312 e. The number of fused-ring (bicyclic) bond motifs is 1. The molecule has 0 aliphatic carbocycles. The third-order valence-corrected chi connectivity index (χ3v) is 5.13. The largest absolute Gasteiger partial charge is 0.465 e. The topological polar surface area (TPSA) is 55.8 Å². The molecule has 1 spiro atoms. The van der Waals surface area contributed by atoms with Crippen LogP contribution in [0.25, 0.3) is 0 Å². The molecule has 3 aliphatic heterocycles. The van der Waals surface area contributed by atoms with Crippen molar-refractivity contribution in [2.24, 2.45) is 11.8 Å². The monoisotopic (exact) mass is 327 g/mol.